The fourth-order valence-electron chi connectivity index (χ4n) is 3.23. The van der Waals surface area contributed by atoms with Crippen LogP contribution in [0.4, 0.5) is 0 Å². The molecular weight excluding hydrogens is 443 g/mol. The summed E-state index contributed by atoms with van der Waals surface area (Å²) in [5.74, 6) is 0. The van der Waals surface area contributed by atoms with Gasteiger partial charge in [0.2, 0.25) is 0 Å². The molecule has 0 fully saturated rings. The summed E-state index contributed by atoms with van der Waals surface area (Å²) >= 11 is 2.08. The van der Waals surface area contributed by atoms with E-state index in [1.54, 1.807) is 0 Å². The van der Waals surface area contributed by atoms with Gasteiger partial charge >= 0.3 is 37.6 Å². The monoisotopic (exact) mass is 474 g/mol. The summed E-state index contributed by atoms with van der Waals surface area (Å²) < 4.78 is 1.42. The van der Waals surface area contributed by atoms with E-state index < -0.39 is 0 Å². The molecule has 0 radical (unpaired) electrons. The molecule has 0 saturated heterocycles. The largest absolute Gasteiger partial charge is 1.00 e. The maximum absolute atomic E-state index is 2.30. The summed E-state index contributed by atoms with van der Waals surface area (Å²) in [6, 6.07) is 22.2. The van der Waals surface area contributed by atoms with E-state index in [1.807, 2.05) is 0 Å². The van der Waals surface area contributed by atoms with E-state index in [0.29, 0.717) is 0 Å². The predicted octanol–water partition coefficient (Wildman–Crippen LogP) is 1.61. The topological polar surface area (TPSA) is 0 Å². The molecule has 0 saturated carbocycles. The second kappa shape index (κ2) is 14.0. The molecule has 0 aliphatic rings. The smallest absolute Gasteiger partial charge is 1.00 e. The van der Waals surface area contributed by atoms with Crippen LogP contribution in [0.5, 0.6) is 0 Å². The van der Waals surface area contributed by atoms with E-state index in [4.69, 9.17) is 0 Å². The Bertz CT molecular complexity index is 969. The average molecular weight is 475 g/mol. The quantitative estimate of drug-likeness (QED) is 0.306. The predicted molar refractivity (Wildman–Crippen MR) is 124 cm³/mol. The van der Waals surface area contributed by atoms with Crippen LogP contribution in [-0.2, 0) is 32.8 Å². The van der Waals surface area contributed by atoms with Crippen LogP contribution >= 0.6 is 0 Å². The summed E-state index contributed by atoms with van der Waals surface area (Å²) in [5.41, 5.74) is 5.63. The van der Waals surface area contributed by atoms with Crippen molar-refractivity contribution in [3.63, 3.8) is 0 Å². The Morgan fingerprint density at radius 1 is 0.733 bits per heavy atom. The number of benzene rings is 2. The van der Waals surface area contributed by atoms with Crippen molar-refractivity contribution >= 4 is 25.4 Å². The normalized spacial score (nSPS) is 9.60. The van der Waals surface area contributed by atoms with Gasteiger partial charge < -0.3 is 24.8 Å². The number of hydrogen-bond donors (Lipinski definition) is 0. The van der Waals surface area contributed by atoms with Crippen LogP contribution in [0.1, 0.15) is 49.9 Å². The molecule has 0 heterocycles. The van der Waals surface area contributed by atoms with Crippen LogP contribution in [0.25, 0.3) is 21.5 Å². The molecule has 0 aliphatic heterocycles. The Morgan fingerprint density at radius 3 is 1.37 bits per heavy atom. The standard InChI is InChI=1S/2C12H13.C3H6.2ClH.Ti/c2*1-3-10-5-7-11-6-4-9(2)12(11)8-10;1-3-2;;;/h2*4-8H,3H2,1-2H3;1-2H3;2*1H;/q2*-1;;;;+2/p-2. The van der Waals surface area contributed by atoms with Gasteiger partial charge in [-0.25, -0.2) is 0 Å². The van der Waals surface area contributed by atoms with Gasteiger partial charge in [0.15, 0.2) is 0 Å². The van der Waals surface area contributed by atoms with E-state index in [9.17, 15) is 0 Å². The van der Waals surface area contributed by atoms with E-state index in [2.05, 4.69) is 122 Å². The van der Waals surface area contributed by atoms with Gasteiger partial charge in [-0.1, -0.05) is 38.8 Å². The SMILES string of the molecule is CCc1ccc2[cH-]cc(C)c2c1.CCc1ccc2[cH-]cc(C)c2c1.C[C](C)=[Ti+2].[Cl-].[Cl-]. The Labute approximate surface area is 206 Å². The molecule has 0 unspecified atom stereocenters. The van der Waals surface area contributed by atoms with Crippen molar-refractivity contribution in [2.24, 2.45) is 0 Å². The molecule has 0 aliphatic carbocycles. The third kappa shape index (κ3) is 8.16. The number of aryl methyl sites for hydroxylation is 4. The van der Waals surface area contributed by atoms with E-state index >= 15 is 0 Å². The number of halogens is 2. The van der Waals surface area contributed by atoms with Crippen molar-refractivity contribution in [2.45, 2.75) is 54.4 Å². The molecule has 30 heavy (non-hydrogen) atoms. The second-order valence-corrected chi connectivity index (χ2v) is 9.14. The second-order valence-electron chi connectivity index (χ2n) is 7.58. The van der Waals surface area contributed by atoms with Crippen molar-refractivity contribution in [3.05, 3.63) is 82.9 Å². The zero-order chi connectivity index (χ0) is 20.7. The molecular formula is C27H32Cl2Ti-2. The van der Waals surface area contributed by atoms with Gasteiger partial charge in [0.1, 0.15) is 0 Å². The molecule has 0 N–H and O–H groups in total. The van der Waals surface area contributed by atoms with E-state index in [1.165, 1.54) is 47.6 Å². The number of rotatable bonds is 2. The maximum atomic E-state index is 2.30. The van der Waals surface area contributed by atoms with Crippen LogP contribution in [0.3, 0.4) is 0 Å². The van der Waals surface area contributed by atoms with Crippen molar-refractivity contribution in [1.29, 1.82) is 0 Å². The Balaban J connectivity index is 0.000000452. The zero-order valence-electron chi connectivity index (χ0n) is 18.9. The first-order valence-corrected chi connectivity index (χ1v) is 10.9. The average Bonchev–Trinajstić information content (AvgIpc) is 3.24. The molecule has 0 aromatic heterocycles. The third-order valence-corrected chi connectivity index (χ3v) is 4.93. The molecule has 3 heteroatoms. The molecule has 4 rings (SSSR count). The van der Waals surface area contributed by atoms with Crippen molar-refractivity contribution < 1.29 is 44.8 Å². The van der Waals surface area contributed by atoms with Crippen molar-refractivity contribution in [3.8, 4) is 0 Å². The van der Waals surface area contributed by atoms with Crippen LogP contribution in [0, 0.1) is 13.8 Å². The van der Waals surface area contributed by atoms with E-state index in [0.717, 1.165) is 12.8 Å². The van der Waals surface area contributed by atoms with Gasteiger partial charge in [0.25, 0.3) is 0 Å². The van der Waals surface area contributed by atoms with Gasteiger partial charge in [0.05, 0.1) is 0 Å². The molecule has 4 aromatic carbocycles. The van der Waals surface area contributed by atoms with Crippen LogP contribution in [-0.4, -0.2) is 3.81 Å². The van der Waals surface area contributed by atoms with Gasteiger partial charge in [-0.15, -0.1) is 70.1 Å². The number of hydrogen-bond acceptors (Lipinski definition) is 0. The maximum Gasteiger partial charge on any atom is -1.00 e. The summed E-state index contributed by atoms with van der Waals surface area (Å²) in [6.07, 6.45) is 2.25. The first kappa shape index (κ1) is 28.8. The van der Waals surface area contributed by atoms with Gasteiger partial charge in [0, 0.05) is 0 Å². The molecule has 0 atom stereocenters. The summed E-state index contributed by atoms with van der Waals surface area (Å²) in [7, 11) is 0. The van der Waals surface area contributed by atoms with Crippen LogP contribution in [0.2, 0.25) is 0 Å². The molecule has 0 bridgehead atoms. The molecule has 0 amide bonds. The van der Waals surface area contributed by atoms with E-state index in [-0.39, 0.29) is 24.8 Å². The summed E-state index contributed by atoms with van der Waals surface area (Å²) in [6.45, 7) is 12.9. The first-order chi connectivity index (χ1) is 13.3. The first-order valence-electron chi connectivity index (χ1n) is 10.2. The van der Waals surface area contributed by atoms with Gasteiger partial charge in [-0.05, 0) is 12.8 Å². The zero-order valence-corrected chi connectivity index (χ0v) is 22.0. The molecule has 0 spiro atoms. The van der Waals surface area contributed by atoms with Crippen molar-refractivity contribution in [2.75, 3.05) is 0 Å². The third-order valence-electron chi connectivity index (χ3n) is 4.93. The van der Waals surface area contributed by atoms with Crippen LogP contribution in [0.15, 0.2) is 60.7 Å². The summed E-state index contributed by atoms with van der Waals surface area (Å²) in [4.78, 5) is 0. The summed E-state index contributed by atoms with van der Waals surface area (Å²) in [5, 5.41) is 5.55. The Hall–Kier alpha value is -1.18. The fourth-order valence-corrected chi connectivity index (χ4v) is 3.23. The van der Waals surface area contributed by atoms with Gasteiger partial charge in [-0.3, -0.25) is 0 Å². The number of fused-ring (bicyclic) bond motifs is 2. The van der Waals surface area contributed by atoms with Gasteiger partial charge in [-0.2, -0.15) is 23.3 Å². The molecule has 4 aromatic rings. The molecule has 160 valence electrons. The minimum absolute atomic E-state index is 0. The van der Waals surface area contributed by atoms with Crippen molar-refractivity contribution in [1.82, 2.24) is 0 Å². The Kier molecular flexibility index (Phi) is 13.4. The minimum atomic E-state index is 0. The Morgan fingerprint density at radius 2 is 1.07 bits per heavy atom. The van der Waals surface area contributed by atoms with Crippen LogP contribution < -0.4 is 24.8 Å². The molecule has 0 nitrogen and oxygen atoms in total. The fraction of sp³-hybridized carbons (Fsp3) is 0.296. The minimum Gasteiger partial charge on any atom is -1.00 e.